The predicted octanol–water partition coefficient (Wildman–Crippen LogP) is 2.93. The zero-order chi connectivity index (χ0) is 12.8. The third-order valence-electron chi connectivity index (χ3n) is 3.37. The fourth-order valence-corrected chi connectivity index (χ4v) is 2.75. The van der Waals surface area contributed by atoms with Gasteiger partial charge in [0.05, 0.1) is 23.9 Å². The van der Waals surface area contributed by atoms with Crippen LogP contribution in [0.5, 0.6) is 0 Å². The lowest BCUT2D eigenvalue weighted by molar-refractivity contribution is 0.0614. The van der Waals surface area contributed by atoms with Gasteiger partial charge >= 0.3 is 0 Å². The molecule has 1 atom stereocenters. The van der Waals surface area contributed by atoms with Crippen molar-refractivity contribution in [3.63, 3.8) is 0 Å². The molecule has 1 aliphatic rings. The van der Waals surface area contributed by atoms with E-state index in [0.29, 0.717) is 6.10 Å². The first-order valence-corrected chi connectivity index (χ1v) is 7.87. The summed E-state index contributed by atoms with van der Waals surface area (Å²) in [6.45, 7) is 6.21. The van der Waals surface area contributed by atoms with E-state index in [1.54, 1.807) is 11.3 Å². The molecule has 102 valence electrons. The SMILES string of the molecule is Cc1ncsc1CCOC(C)CCCNC1CC1. The predicted molar refractivity (Wildman–Crippen MR) is 76.2 cm³/mol. The van der Waals surface area contributed by atoms with Crippen LogP contribution in [0.15, 0.2) is 5.51 Å². The highest BCUT2D eigenvalue weighted by atomic mass is 32.1. The fraction of sp³-hybridized carbons (Fsp3) is 0.786. The molecule has 1 aromatic rings. The molecule has 2 rings (SSSR count). The summed E-state index contributed by atoms with van der Waals surface area (Å²) in [5.74, 6) is 0. The summed E-state index contributed by atoms with van der Waals surface area (Å²) in [5.41, 5.74) is 3.07. The summed E-state index contributed by atoms with van der Waals surface area (Å²) in [6.07, 6.45) is 6.50. The highest BCUT2D eigenvalue weighted by molar-refractivity contribution is 7.09. The van der Waals surface area contributed by atoms with Gasteiger partial charge in [0.25, 0.3) is 0 Å². The summed E-state index contributed by atoms with van der Waals surface area (Å²) in [4.78, 5) is 5.61. The summed E-state index contributed by atoms with van der Waals surface area (Å²) >= 11 is 1.73. The normalized spacial score (nSPS) is 17.0. The molecule has 1 fully saturated rings. The van der Waals surface area contributed by atoms with E-state index < -0.39 is 0 Å². The van der Waals surface area contributed by atoms with Crippen molar-refractivity contribution in [3.05, 3.63) is 16.1 Å². The monoisotopic (exact) mass is 268 g/mol. The van der Waals surface area contributed by atoms with Gasteiger partial charge in [-0.3, -0.25) is 0 Å². The van der Waals surface area contributed by atoms with Crippen LogP contribution < -0.4 is 5.32 Å². The molecule has 1 heterocycles. The minimum absolute atomic E-state index is 0.374. The number of hydrogen-bond acceptors (Lipinski definition) is 4. The fourth-order valence-electron chi connectivity index (χ4n) is 1.99. The van der Waals surface area contributed by atoms with Crippen molar-refractivity contribution in [2.45, 2.75) is 58.1 Å². The second kappa shape index (κ2) is 7.22. The van der Waals surface area contributed by atoms with Gasteiger partial charge < -0.3 is 10.1 Å². The number of hydrogen-bond donors (Lipinski definition) is 1. The van der Waals surface area contributed by atoms with Crippen LogP contribution in [0.25, 0.3) is 0 Å². The van der Waals surface area contributed by atoms with E-state index >= 15 is 0 Å². The van der Waals surface area contributed by atoms with Crippen LogP contribution in [0.4, 0.5) is 0 Å². The minimum Gasteiger partial charge on any atom is -0.378 e. The van der Waals surface area contributed by atoms with Crippen LogP contribution in [0.1, 0.15) is 43.2 Å². The highest BCUT2D eigenvalue weighted by Gasteiger charge is 2.19. The van der Waals surface area contributed by atoms with Crippen LogP contribution >= 0.6 is 11.3 Å². The molecule has 0 amide bonds. The zero-order valence-corrected chi connectivity index (χ0v) is 12.3. The van der Waals surface area contributed by atoms with Gasteiger partial charge in [0, 0.05) is 17.3 Å². The summed E-state index contributed by atoms with van der Waals surface area (Å²) in [5, 5.41) is 3.54. The molecular weight excluding hydrogens is 244 g/mol. The molecule has 18 heavy (non-hydrogen) atoms. The highest BCUT2D eigenvalue weighted by Crippen LogP contribution is 2.18. The number of rotatable bonds is 9. The lowest BCUT2D eigenvalue weighted by atomic mass is 10.2. The van der Waals surface area contributed by atoms with E-state index in [-0.39, 0.29) is 0 Å². The second-order valence-electron chi connectivity index (χ2n) is 5.16. The number of aromatic nitrogens is 1. The summed E-state index contributed by atoms with van der Waals surface area (Å²) < 4.78 is 5.84. The molecule has 4 heteroatoms. The van der Waals surface area contributed by atoms with Crippen molar-refractivity contribution in [2.24, 2.45) is 0 Å². The molecule has 3 nitrogen and oxygen atoms in total. The van der Waals surface area contributed by atoms with Gasteiger partial charge in [-0.2, -0.15) is 0 Å². The number of nitrogens with zero attached hydrogens (tertiary/aromatic N) is 1. The van der Waals surface area contributed by atoms with Crippen molar-refractivity contribution < 1.29 is 4.74 Å². The Morgan fingerprint density at radius 2 is 2.39 bits per heavy atom. The van der Waals surface area contributed by atoms with Crippen molar-refractivity contribution in [3.8, 4) is 0 Å². The Morgan fingerprint density at radius 3 is 3.06 bits per heavy atom. The maximum Gasteiger partial charge on any atom is 0.0797 e. The maximum absolute atomic E-state index is 5.84. The van der Waals surface area contributed by atoms with Gasteiger partial charge in [0.2, 0.25) is 0 Å². The lowest BCUT2D eigenvalue weighted by Crippen LogP contribution is -2.19. The molecule has 1 N–H and O–H groups in total. The van der Waals surface area contributed by atoms with Gasteiger partial charge in [-0.1, -0.05) is 0 Å². The van der Waals surface area contributed by atoms with Crippen molar-refractivity contribution >= 4 is 11.3 Å². The number of nitrogens with one attached hydrogen (secondary N) is 1. The Hall–Kier alpha value is -0.450. The van der Waals surface area contributed by atoms with Crippen LogP contribution in [-0.2, 0) is 11.2 Å². The molecule has 0 bridgehead atoms. The number of aryl methyl sites for hydroxylation is 1. The van der Waals surface area contributed by atoms with E-state index in [1.807, 2.05) is 5.51 Å². The first-order valence-electron chi connectivity index (χ1n) is 6.99. The van der Waals surface area contributed by atoms with Crippen molar-refractivity contribution in [1.82, 2.24) is 10.3 Å². The Balaban J connectivity index is 1.48. The van der Waals surface area contributed by atoms with Gasteiger partial charge in [0.1, 0.15) is 0 Å². The van der Waals surface area contributed by atoms with Crippen molar-refractivity contribution in [1.29, 1.82) is 0 Å². The Labute approximate surface area is 114 Å². The molecule has 1 unspecified atom stereocenters. The number of ether oxygens (including phenoxy) is 1. The summed E-state index contributed by atoms with van der Waals surface area (Å²) in [7, 11) is 0. The van der Waals surface area contributed by atoms with Crippen LogP contribution in [0.2, 0.25) is 0 Å². The molecule has 0 aromatic carbocycles. The standard InChI is InChI=1S/C14H24N2OS/c1-11(4-3-8-15-13-5-6-13)17-9-7-14-12(2)16-10-18-14/h10-11,13,15H,3-9H2,1-2H3. The third kappa shape index (κ3) is 5.04. The second-order valence-corrected chi connectivity index (χ2v) is 6.10. The van der Waals surface area contributed by atoms with Crippen molar-refractivity contribution in [2.75, 3.05) is 13.2 Å². The average molecular weight is 268 g/mol. The van der Waals surface area contributed by atoms with Crippen LogP contribution in [-0.4, -0.2) is 30.3 Å². The van der Waals surface area contributed by atoms with E-state index in [9.17, 15) is 0 Å². The molecule has 0 aliphatic heterocycles. The lowest BCUT2D eigenvalue weighted by Gasteiger charge is -2.12. The number of thiazole rings is 1. The Morgan fingerprint density at radius 1 is 1.56 bits per heavy atom. The largest absolute Gasteiger partial charge is 0.378 e. The smallest absolute Gasteiger partial charge is 0.0797 e. The zero-order valence-electron chi connectivity index (χ0n) is 11.4. The molecule has 0 spiro atoms. The summed E-state index contributed by atoms with van der Waals surface area (Å²) in [6, 6.07) is 0.829. The first-order chi connectivity index (χ1) is 8.75. The van der Waals surface area contributed by atoms with E-state index in [1.165, 1.54) is 24.1 Å². The molecule has 1 aromatic heterocycles. The van der Waals surface area contributed by atoms with Crippen LogP contribution in [0.3, 0.4) is 0 Å². The quantitative estimate of drug-likeness (QED) is 0.699. The first kappa shape index (κ1) is 14.0. The Kier molecular flexibility index (Phi) is 5.60. The molecule has 1 saturated carbocycles. The van der Waals surface area contributed by atoms with Gasteiger partial charge in [0.15, 0.2) is 0 Å². The molecule has 1 aliphatic carbocycles. The third-order valence-corrected chi connectivity index (χ3v) is 4.37. The van der Waals surface area contributed by atoms with E-state index in [4.69, 9.17) is 4.74 Å². The molecule has 0 saturated heterocycles. The minimum atomic E-state index is 0.374. The topological polar surface area (TPSA) is 34.1 Å². The molecule has 0 radical (unpaired) electrons. The van der Waals surface area contributed by atoms with Gasteiger partial charge in [-0.15, -0.1) is 11.3 Å². The Bertz CT molecular complexity index is 349. The van der Waals surface area contributed by atoms with E-state index in [0.717, 1.165) is 37.7 Å². The average Bonchev–Trinajstić information content (AvgIpc) is 3.09. The maximum atomic E-state index is 5.84. The van der Waals surface area contributed by atoms with Gasteiger partial charge in [-0.25, -0.2) is 4.98 Å². The van der Waals surface area contributed by atoms with E-state index in [2.05, 4.69) is 24.1 Å². The van der Waals surface area contributed by atoms with Crippen LogP contribution in [0, 0.1) is 6.92 Å². The molecular formula is C14H24N2OS. The van der Waals surface area contributed by atoms with Gasteiger partial charge in [-0.05, 0) is 46.1 Å².